The smallest absolute Gasteiger partial charge is 0.343 e. The number of nitrogens with two attached hydrogens (primary N) is 1. The molecule has 0 aliphatic carbocycles. The number of nitrogens with zero attached hydrogens (tertiary/aromatic N) is 2. The van der Waals surface area contributed by atoms with Gasteiger partial charge in [-0.3, -0.25) is 4.79 Å². The SMILES string of the molecule is CCC1(O)C(=O)OCc2c1cc1n(c2=O)Cc2cc3cc(N)c(O)cc3nc2-1. The van der Waals surface area contributed by atoms with Crippen LogP contribution in [0, 0.1) is 0 Å². The summed E-state index contributed by atoms with van der Waals surface area (Å²) < 4.78 is 6.62. The van der Waals surface area contributed by atoms with Crippen LogP contribution in [0.2, 0.25) is 0 Å². The van der Waals surface area contributed by atoms with Crippen LogP contribution in [0.25, 0.3) is 22.3 Å². The number of rotatable bonds is 1. The molecular formula is C20H17N3O5. The number of hydrogen-bond donors (Lipinski definition) is 3. The first kappa shape index (κ1) is 16.8. The summed E-state index contributed by atoms with van der Waals surface area (Å²) in [4.78, 5) is 29.8. The van der Waals surface area contributed by atoms with E-state index in [-0.39, 0.29) is 41.2 Å². The van der Waals surface area contributed by atoms with E-state index in [1.807, 2.05) is 6.07 Å². The molecule has 28 heavy (non-hydrogen) atoms. The van der Waals surface area contributed by atoms with Crippen molar-refractivity contribution in [3.05, 3.63) is 51.3 Å². The second kappa shape index (κ2) is 5.32. The number of carbonyl (C=O) groups is 1. The summed E-state index contributed by atoms with van der Waals surface area (Å²) in [5.74, 6) is -0.819. The van der Waals surface area contributed by atoms with E-state index in [1.165, 1.54) is 6.07 Å². The maximum absolute atomic E-state index is 13.1. The number of cyclic esters (lactones) is 1. The fourth-order valence-electron chi connectivity index (χ4n) is 4.04. The number of nitrogen functional groups attached to an aromatic ring is 1. The summed E-state index contributed by atoms with van der Waals surface area (Å²) in [5.41, 5.74) is 6.89. The molecule has 0 bridgehead atoms. The highest BCUT2D eigenvalue weighted by molar-refractivity contribution is 5.89. The molecule has 3 aromatic rings. The lowest BCUT2D eigenvalue weighted by atomic mass is 9.86. The number of esters is 1. The number of anilines is 1. The molecule has 0 saturated heterocycles. The molecule has 2 aliphatic rings. The minimum absolute atomic E-state index is 0.0659. The molecule has 2 aromatic heterocycles. The van der Waals surface area contributed by atoms with Gasteiger partial charge in [0.05, 0.1) is 34.7 Å². The Morgan fingerprint density at radius 1 is 1.29 bits per heavy atom. The second-order valence-corrected chi connectivity index (χ2v) is 7.20. The third-order valence-electron chi connectivity index (χ3n) is 5.66. The van der Waals surface area contributed by atoms with Gasteiger partial charge in [-0.05, 0) is 24.6 Å². The number of pyridine rings is 2. The minimum Gasteiger partial charge on any atom is -0.506 e. The monoisotopic (exact) mass is 379 g/mol. The maximum Gasteiger partial charge on any atom is 0.343 e. The van der Waals surface area contributed by atoms with E-state index in [0.717, 1.165) is 10.9 Å². The first-order chi connectivity index (χ1) is 13.3. The van der Waals surface area contributed by atoms with Crippen molar-refractivity contribution in [1.29, 1.82) is 0 Å². The quantitative estimate of drug-likeness (QED) is 0.259. The number of carbonyl (C=O) groups excluding carboxylic acids is 1. The summed E-state index contributed by atoms with van der Waals surface area (Å²) in [5, 5.41) is 21.5. The summed E-state index contributed by atoms with van der Waals surface area (Å²) in [7, 11) is 0. The molecule has 8 nitrogen and oxygen atoms in total. The summed E-state index contributed by atoms with van der Waals surface area (Å²) in [6.45, 7) is 1.82. The molecule has 0 amide bonds. The van der Waals surface area contributed by atoms with Gasteiger partial charge in [-0.1, -0.05) is 6.92 Å². The van der Waals surface area contributed by atoms with E-state index in [0.29, 0.717) is 23.4 Å². The number of ether oxygens (including phenoxy) is 1. The average molecular weight is 379 g/mol. The van der Waals surface area contributed by atoms with Crippen molar-refractivity contribution >= 4 is 22.6 Å². The molecule has 4 N–H and O–H groups in total. The molecule has 0 spiro atoms. The lowest BCUT2D eigenvalue weighted by Gasteiger charge is -2.31. The summed E-state index contributed by atoms with van der Waals surface area (Å²) in [6, 6.07) is 6.65. The minimum atomic E-state index is -1.85. The number of phenols is 1. The van der Waals surface area contributed by atoms with Crippen LogP contribution in [0.1, 0.15) is 30.0 Å². The number of benzene rings is 1. The Kier molecular flexibility index (Phi) is 3.19. The van der Waals surface area contributed by atoms with E-state index in [2.05, 4.69) is 4.98 Å². The third kappa shape index (κ3) is 2.00. The van der Waals surface area contributed by atoms with Crippen molar-refractivity contribution in [2.24, 2.45) is 0 Å². The highest BCUT2D eigenvalue weighted by atomic mass is 16.6. The normalized spacial score (nSPS) is 19.9. The van der Waals surface area contributed by atoms with Gasteiger partial charge in [-0.2, -0.15) is 0 Å². The number of phenolic OH excluding ortho intramolecular Hbond substituents is 1. The first-order valence-electron chi connectivity index (χ1n) is 8.92. The van der Waals surface area contributed by atoms with E-state index >= 15 is 0 Å². The van der Waals surface area contributed by atoms with E-state index in [9.17, 15) is 19.8 Å². The van der Waals surface area contributed by atoms with Gasteiger partial charge >= 0.3 is 5.97 Å². The van der Waals surface area contributed by atoms with Gasteiger partial charge in [-0.15, -0.1) is 0 Å². The van der Waals surface area contributed by atoms with Crippen molar-refractivity contribution in [1.82, 2.24) is 9.55 Å². The fourth-order valence-corrected chi connectivity index (χ4v) is 4.04. The van der Waals surface area contributed by atoms with Crippen molar-refractivity contribution in [3.63, 3.8) is 0 Å². The van der Waals surface area contributed by atoms with Crippen LogP contribution in [0.5, 0.6) is 5.75 Å². The molecule has 142 valence electrons. The Bertz CT molecular complexity index is 1260. The maximum atomic E-state index is 13.1. The first-order valence-corrected chi connectivity index (χ1v) is 8.92. The molecule has 2 aliphatic heterocycles. The lowest BCUT2D eigenvalue weighted by Crippen LogP contribution is -2.44. The summed E-state index contributed by atoms with van der Waals surface area (Å²) in [6.07, 6.45) is 0.0902. The molecule has 4 heterocycles. The van der Waals surface area contributed by atoms with Gasteiger partial charge in [-0.25, -0.2) is 9.78 Å². The Morgan fingerprint density at radius 3 is 2.82 bits per heavy atom. The van der Waals surface area contributed by atoms with Gasteiger partial charge in [0.2, 0.25) is 0 Å². The number of aliphatic hydroxyl groups is 1. The number of fused-ring (bicyclic) bond motifs is 5. The molecule has 1 aromatic carbocycles. The van der Waals surface area contributed by atoms with Crippen LogP contribution < -0.4 is 11.3 Å². The number of hydrogen-bond acceptors (Lipinski definition) is 7. The predicted octanol–water partition coefficient (Wildman–Crippen LogP) is 1.37. The van der Waals surface area contributed by atoms with Gasteiger partial charge in [0.1, 0.15) is 12.4 Å². The largest absolute Gasteiger partial charge is 0.506 e. The Labute approximate surface area is 158 Å². The van der Waals surface area contributed by atoms with Crippen molar-refractivity contribution < 1.29 is 19.7 Å². The van der Waals surface area contributed by atoms with E-state index in [4.69, 9.17) is 10.5 Å². The topological polar surface area (TPSA) is 128 Å². The van der Waals surface area contributed by atoms with Gasteiger partial charge in [0.15, 0.2) is 5.60 Å². The standard InChI is InChI=1S/C20H17N3O5/c1-2-20(27)12-5-15-17-10(3-9-4-13(21)16(24)6-14(9)22-17)7-23(15)18(25)11(12)8-28-19(20)26/h3-6,24,27H,2,7-8,21H2,1H3. The van der Waals surface area contributed by atoms with Gasteiger partial charge in [0.25, 0.3) is 5.56 Å². The third-order valence-corrected chi connectivity index (χ3v) is 5.66. The molecule has 5 rings (SSSR count). The van der Waals surface area contributed by atoms with Crippen molar-refractivity contribution in [2.75, 3.05) is 5.73 Å². The number of aromatic nitrogens is 2. The average Bonchev–Trinajstić information content (AvgIpc) is 3.02. The zero-order valence-electron chi connectivity index (χ0n) is 15.0. The predicted molar refractivity (Wildman–Crippen MR) is 101 cm³/mol. The van der Waals surface area contributed by atoms with Gasteiger partial charge < -0.3 is 25.3 Å². The van der Waals surface area contributed by atoms with Crippen LogP contribution in [0.3, 0.4) is 0 Å². The zero-order valence-corrected chi connectivity index (χ0v) is 15.0. The Hall–Kier alpha value is -3.39. The highest BCUT2D eigenvalue weighted by Crippen LogP contribution is 2.39. The van der Waals surface area contributed by atoms with E-state index in [1.54, 1.807) is 23.6 Å². The number of aromatic hydroxyl groups is 1. The zero-order chi connectivity index (χ0) is 19.8. The van der Waals surface area contributed by atoms with Crippen LogP contribution in [-0.4, -0.2) is 25.7 Å². The van der Waals surface area contributed by atoms with Crippen LogP contribution >= 0.6 is 0 Å². The molecule has 0 radical (unpaired) electrons. The molecular weight excluding hydrogens is 362 g/mol. The highest BCUT2D eigenvalue weighted by Gasteiger charge is 2.45. The molecule has 1 atom stereocenters. The Balaban J connectivity index is 1.80. The van der Waals surface area contributed by atoms with Crippen LogP contribution in [0.4, 0.5) is 5.69 Å². The van der Waals surface area contributed by atoms with Crippen LogP contribution in [0.15, 0.2) is 29.1 Å². The summed E-state index contributed by atoms with van der Waals surface area (Å²) >= 11 is 0. The van der Waals surface area contributed by atoms with Crippen molar-refractivity contribution in [3.8, 4) is 17.1 Å². The molecule has 8 heteroatoms. The molecule has 1 unspecified atom stereocenters. The van der Waals surface area contributed by atoms with E-state index < -0.39 is 11.6 Å². The lowest BCUT2D eigenvalue weighted by molar-refractivity contribution is -0.172. The van der Waals surface area contributed by atoms with Crippen molar-refractivity contribution in [2.45, 2.75) is 32.1 Å². The molecule has 0 saturated carbocycles. The van der Waals surface area contributed by atoms with Gasteiger partial charge in [0, 0.05) is 22.6 Å². The second-order valence-electron chi connectivity index (χ2n) is 7.20. The molecule has 0 fully saturated rings. The van der Waals surface area contributed by atoms with Crippen LogP contribution in [-0.2, 0) is 28.3 Å². The fraction of sp³-hybridized carbons (Fsp3) is 0.250. The Morgan fingerprint density at radius 2 is 2.07 bits per heavy atom.